The van der Waals surface area contributed by atoms with Crippen LogP contribution in [0.25, 0.3) is 5.70 Å². The Bertz CT molecular complexity index is 397. The summed E-state index contributed by atoms with van der Waals surface area (Å²) in [4.78, 5) is 8.41. The van der Waals surface area contributed by atoms with Crippen molar-refractivity contribution >= 4 is 11.9 Å². The first-order valence-corrected chi connectivity index (χ1v) is 5.00. The topological polar surface area (TPSA) is 45.5 Å². The normalized spacial score (nSPS) is 25.1. The highest BCUT2D eigenvalue weighted by Crippen LogP contribution is 2.28. The molecule has 1 aliphatic heterocycles. The Morgan fingerprint density at radius 2 is 2.40 bits per heavy atom. The first-order chi connectivity index (χ1) is 7.23. The molecule has 1 aliphatic rings. The Morgan fingerprint density at radius 3 is 2.93 bits per heavy atom. The minimum absolute atomic E-state index is 0.132. The molecule has 0 fully saturated rings. The molecular weight excluding hydrogens is 188 g/mol. The van der Waals surface area contributed by atoms with E-state index >= 15 is 0 Å². The lowest BCUT2D eigenvalue weighted by atomic mass is 9.87. The molecule has 15 heavy (non-hydrogen) atoms. The Balaban J connectivity index is 2.20. The summed E-state index contributed by atoms with van der Waals surface area (Å²) in [5.41, 5.74) is 1.76. The van der Waals surface area contributed by atoms with Crippen LogP contribution >= 0.6 is 0 Å². The highest BCUT2D eigenvalue weighted by molar-refractivity contribution is 5.79. The van der Waals surface area contributed by atoms with Crippen LogP contribution in [-0.2, 0) is 0 Å². The largest absolute Gasteiger partial charge is 0.395 e. The summed E-state index contributed by atoms with van der Waals surface area (Å²) in [6.45, 7) is 2.13. The number of nitrogens with zero attached hydrogens (tertiary/aromatic N) is 2. The zero-order chi connectivity index (χ0) is 10.7. The molecule has 0 spiro atoms. The maximum absolute atomic E-state index is 9.17. The van der Waals surface area contributed by atoms with Gasteiger partial charge in [0.15, 0.2) is 0 Å². The number of hydrogen-bond acceptors (Lipinski definition) is 3. The molecule has 2 heterocycles. The van der Waals surface area contributed by atoms with E-state index in [0.29, 0.717) is 0 Å². The molecule has 0 saturated carbocycles. The molecular formula is C12H14N2O. The number of aromatic nitrogens is 1. The van der Waals surface area contributed by atoms with E-state index in [4.69, 9.17) is 0 Å². The minimum atomic E-state index is -0.203. The van der Waals surface area contributed by atoms with E-state index in [1.165, 1.54) is 0 Å². The SMILES string of the molecule is CC1(CO)C=NC(c2cccnc2)=CC1. The van der Waals surface area contributed by atoms with Crippen molar-refractivity contribution in [1.29, 1.82) is 0 Å². The van der Waals surface area contributed by atoms with Crippen LogP contribution in [0.5, 0.6) is 0 Å². The standard InChI is InChI=1S/C12H14N2O/c1-12(9-15)5-4-11(14-8-12)10-3-2-6-13-7-10/h2-4,6-8,15H,5,9H2,1H3. The average molecular weight is 202 g/mol. The lowest BCUT2D eigenvalue weighted by Crippen LogP contribution is -2.24. The van der Waals surface area contributed by atoms with Crippen LogP contribution in [0.4, 0.5) is 0 Å². The van der Waals surface area contributed by atoms with Gasteiger partial charge in [0.05, 0.1) is 12.3 Å². The molecule has 3 nitrogen and oxygen atoms in total. The van der Waals surface area contributed by atoms with E-state index in [1.54, 1.807) is 12.4 Å². The number of aliphatic imine (C=N–C) groups is 1. The molecule has 0 aliphatic carbocycles. The lowest BCUT2D eigenvalue weighted by molar-refractivity contribution is 0.204. The van der Waals surface area contributed by atoms with E-state index < -0.39 is 0 Å². The van der Waals surface area contributed by atoms with Crippen LogP contribution < -0.4 is 0 Å². The molecule has 1 unspecified atom stereocenters. The van der Waals surface area contributed by atoms with E-state index in [9.17, 15) is 5.11 Å². The first kappa shape index (κ1) is 10.1. The Morgan fingerprint density at radius 1 is 1.53 bits per heavy atom. The van der Waals surface area contributed by atoms with Crippen LogP contribution in [0.1, 0.15) is 18.9 Å². The van der Waals surface area contributed by atoms with Crippen molar-refractivity contribution in [2.45, 2.75) is 13.3 Å². The van der Waals surface area contributed by atoms with Gasteiger partial charge in [-0.25, -0.2) is 0 Å². The summed E-state index contributed by atoms with van der Waals surface area (Å²) in [7, 11) is 0. The van der Waals surface area contributed by atoms with Crippen LogP contribution in [0.3, 0.4) is 0 Å². The van der Waals surface area contributed by atoms with Gasteiger partial charge in [-0.1, -0.05) is 13.0 Å². The summed E-state index contributed by atoms with van der Waals surface area (Å²) < 4.78 is 0. The van der Waals surface area contributed by atoms with E-state index in [0.717, 1.165) is 17.7 Å². The smallest absolute Gasteiger partial charge is 0.0674 e. The highest BCUT2D eigenvalue weighted by Gasteiger charge is 2.22. The van der Waals surface area contributed by atoms with Gasteiger partial charge in [-0.05, 0) is 18.6 Å². The zero-order valence-electron chi connectivity index (χ0n) is 8.72. The highest BCUT2D eigenvalue weighted by atomic mass is 16.3. The van der Waals surface area contributed by atoms with E-state index in [2.05, 4.69) is 9.98 Å². The van der Waals surface area contributed by atoms with Crippen molar-refractivity contribution in [3.63, 3.8) is 0 Å². The summed E-state index contributed by atoms with van der Waals surface area (Å²) in [5, 5.41) is 9.17. The van der Waals surface area contributed by atoms with Crippen LogP contribution in [0, 0.1) is 5.41 Å². The fourth-order valence-electron chi connectivity index (χ4n) is 1.47. The summed E-state index contributed by atoms with van der Waals surface area (Å²) >= 11 is 0. The van der Waals surface area contributed by atoms with Gasteiger partial charge in [0.25, 0.3) is 0 Å². The fraction of sp³-hybridized carbons (Fsp3) is 0.333. The molecule has 0 radical (unpaired) electrons. The fourth-order valence-corrected chi connectivity index (χ4v) is 1.47. The second-order valence-electron chi connectivity index (χ2n) is 4.11. The van der Waals surface area contributed by atoms with Gasteiger partial charge in [-0.2, -0.15) is 0 Å². The predicted molar refractivity (Wildman–Crippen MR) is 60.5 cm³/mol. The van der Waals surface area contributed by atoms with Gasteiger partial charge in [-0.15, -0.1) is 0 Å². The first-order valence-electron chi connectivity index (χ1n) is 5.00. The number of pyridine rings is 1. The van der Waals surface area contributed by atoms with Gasteiger partial charge in [-0.3, -0.25) is 9.98 Å². The number of rotatable bonds is 2. The number of allylic oxidation sites excluding steroid dienone is 1. The summed E-state index contributed by atoms with van der Waals surface area (Å²) in [6, 6.07) is 3.88. The average Bonchev–Trinajstić information content (AvgIpc) is 2.31. The monoisotopic (exact) mass is 202 g/mol. The molecule has 78 valence electrons. The Kier molecular flexibility index (Phi) is 2.64. The number of aliphatic hydroxyl groups excluding tert-OH is 1. The van der Waals surface area contributed by atoms with Crippen molar-refractivity contribution in [2.24, 2.45) is 10.4 Å². The third kappa shape index (κ3) is 2.13. The van der Waals surface area contributed by atoms with Gasteiger partial charge in [0.1, 0.15) is 0 Å². The molecule has 0 saturated heterocycles. The number of aliphatic hydroxyl groups is 1. The maximum Gasteiger partial charge on any atom is 0.0674 e. The van der Waals surface area contributed by atoms with Crippen molar-refractivity contribution in [3.05, 3.63) is 36.2 Å². The summed E-state index contributed by atoms with van der Waals surface area (Å²) in [6.07, 6.45) is 8.24. The van der Waals surface area contributed by atoms with E-state index in [1.807, 2.05) is 31.3 Å². The van der Waals surface area contributed by atoms with Crippen molar-refractivity contribution in [2.75, 3.05) is 6.61 Å². The number of hydrogen-bond donors (Lipinski definition) is 1. The Hall–Kier alpha value is -1.48. The van der Waals surface area contributed by atoms with Gasteiger partial charge < -0.3 is 5.11 Å². The Labute approximate surface area is 89.2 Å². The zero-order valence-corrected chi connectivity index (χ0v) is 8.72. The second kappa shape index (κ2) is 3.95. The van der Waals surface area contributed by atoms with Gasteiger partial charge >= 0.3 is 0 Å². The molecule has 3 heteroatoms. The summed E-state index contributed by atoms with van der Waals surface area (Å²) in [5.74, 6) is 0. The second-order valence-corrected chi connectivity index (χ2v) is 4.11. The molecule has 2 rings (SSSR count). The predicted octanol–water partition coefficient (Wildman–Crippen LogP) is 1.90. The van der Waals surface area contributed by atoms with E-state index in [-0.39, 0.29) is 12.0 Å². The van der Waals surface area contributed by atoms with Crippen molar-refractivity contribution in [1.82, 2.24) is 4.98 Å². The molecule has 0 bridgehead atoms. The molecule has 1 aromatic heterocycles. The molecule has 0 aromatic carbocycles. The molecule has 1 N–H and O–H groups in total. The maximum atomic E-state index is 9.17. The van der Waals surface area contributed by atoms with Crippen LogP contribution in [-0.4, -0.2) is 22.9 Å². The minimum Gasteiger partial charge on any atom is -0.395 e. The van der Waals surface area contributed by atoms with Crippen LogP contribution in [0.2, 0.25) is 0 Å². The van der Waals surface area contributed by atoms with Crippen LogP contribution in [0.15, 0.2) is 35.6 Å². The van der Waals surface area contributed by atoms with Gasteiger partial charge in [0, 0.05) is 29.6 Å². The third-order valence-electron chi connectivity index (χ3n) is 2.60. The van der Waals surface area contributed by atoms with Gasteiger partial charge in [0.2, 0.25) is 0 Å². The quantitative estimate of drug-likeness (QED) is 0.796. The third-order valence-corrected chi connectivity index (χ3v) is 2.60. The lowest BCUT2D eigenvalue weighted by Gasteiger charge is -2.24. The molecule has 1 aromatic rings. The molecule has 1 atom stereocenters. The van der Waals surface area contributed by atoms with Crippen molar-refractivity contribution in [3.8, 4) is 0 Å². The van der Waals surface area contributed by atoms with Crippen molar-refractivity contribution < 1.29 is 5.11 Å². The molecule has 0 amide bonds.